The van der Waals surface area contributed by atoms with E-state index in [9.17, 15) is 22.8 Å². The van der Waals surface area contributed by atoms with Crippen LogP contribution in [0.1, 0.15) is 26.2 Å². The summed E-state index contributed by atoms with van der Waals surface area (Å²) in [5.74, 6) is -2.16. The molecule has 2 unspecified atom stereocenters. The van der Waals surface area contributed by atoms with Crippen molar-refractivity contribution in [3.8, 4) is 0 Å². The number of nitrogens with one attached hydrogen (secondary N) is 1. The number of aliphatic carboxylic acids is 1. The van der Waals surface area contributed by atoms with Gasteiger partial charge in [-0.3, -0.25) is 0 Å². The van der Waals surface area contributed by atoms with E-state index in [1.165, 1.54) is 12.4 Å². The van der Waals surface area contributed by atoms with Crippen LogP contribution in [0.25, 0.3) is 0 Å². The van der Waals surface area contributed by atoms with E-state index in [2.05, 4.69) is 0 Å². The summed E-state index contributed by atoms with van der Waals surface area (Å²) >= 11 is 0. The molecule has 2 atom stereocenters. The Labute approximate surface area is 120 Å². The van der Waals surface area contributed by atoms with Gasteiger partial charge in [0, 0.05) is 20.2 Å². The van der Waals surface area contributed by atoms with Gasteiger partial charge in [0.1, 0.15) is 0 Å². The van der Waals surface area contributed by atoms with E-state index in [0.29, 0.717) is 20.0 Å². The van der Waals surface area contributed by atoms with Crippen molar-refractivity contribution in [3.63, 3.8) is 0 Å². The van der Waals surface area contributed by atoms with Crippen LogP contribution in [0.2, 0.25) is 0 Å². The molecule has 6 nitrogen and oxygen atoms in total. The number of rotatable bonds is 4. The van der Waals surface area contributed by atoms with E-state index < -0.39 is 23.7 Å². The van der Waals surface area contributed by atoms with E-state index in [1.807, 2.05) is 0 Å². The fourth-order valence-corrected chi connectivity index (χ4v) is 1.89. The molecule has 0 aromatic heterocycles. The third kappa shape index (κ3) is 4.23. The van der Waals surface area contributed by atoms with E-state index in [1.54, 1.807) is 0 Å². The largest absolute Gasteiger partial charge is 0.479 e. The first-order valence-electron chi connectivity index (χ1n) is 6.53. The summed E-state index contributed by atoms with van der Waals surface area (Å²) in [4.78, 5) is 23.6. The van der Waals surface area contributed by atoms with Gasteiger partial charge in [-0.1, -0.05) is 0 Å². The standard InChI is InChI=1S/C12H19F3N2O4/c1-11(9(18)19,12(13,14)15)16-10(20)17(2)7-8-5-3-4-6-21-8/h8H,3-7H2,1-2H3,(H,16,20)(H,18,19). The molecule has 0 aromatic carbocycles. The van der Waals surface area contributed by atoms with Crippen molar-refractivity contribution in [1.82, 2.24) is 10.2 Å². The number of likely N-dealkylation sites (N-methyl/N-ethyl adjacent to an activating group) is 1. The van der Waals surface area contributed by atoms with E-state index >= 15 is 0 Å². The number of nitrogens with zero attached hydrogens (tertiary/aromatic N) is 1. The first-order chi connectivity index (χ1) is 9.58. The number of hydrogen-bond donors (Lipinski definition) is 2. The molecule has 0 aromatic rings. The van der Waals surface area contributed by atoms with Gasteiger partial charge in [-0.15, -0.1) is 0 Å². The Balaban J connectivity index is 2.66. The summed E-state index contributed by atoms with van der Waals surface area (Å²) in [6, 6.07) is -1.11. The number of carboxylic acid groups (broad SMARTS) is 1. The third-order valence-corrected chi connectivity index (χ3v) is 3.45. The lowest BCUT2D eigenvalue weighted by molar-refractivity contribution is -0.203. The molecule has 1 saturated heterocycles. The minimum absolute atomic E-state index is 0.111. The predicted octanol–water partition coefficient (Wildman–Crippen LogP) is 1.60. The minimum Gasteiger partial charge on any atom is -0.479 e. The molecular weight excluding hydrogens is 293 g/mol. The zero-order valence-electron chi connectivity index (χ0n) is 11.9. The van der Waals surface area contributed by atoms with Crippen LogP contribution in [-0.2, 0) is 9.53 Å². The van der Waals surface area contributed by atoms with Crippen LogP contribution in [0.5, 0.6) is 0 Å². The fraction of sp³-hybridized carbons (Fsp3) is 0.833. The van der Waals surface area contributed by atoms with Gasteiger partial charge in [0.25, 0.3) is 0 Å². The Morgan fingerprint density at radius 3 is 2.43 bits per heavy atom. The van der Waals surface area contributed by atoms with Crippen LogP contribution < -0.4 is 5.32 Å². The second kappa shape index (κ2) is 6.50. The highest BCUT2D eigenvalue weighted by molar-refractivity contribution is 5.86. The first kappa shape index (κ1) is 17.5. The molecule has 122 valence electrons. The number of alkyl halides is 3. The molecule has 0 aliphatic carbocycles. The number of carboxylic acids is 1. The van der Waals surface area contributed by atoms with Gasteiger partial charge < -0.3 is 20.1 Å². The lowest BCUT2D eigenvalue weighted by Gasteiger charge is -2.32. The number of amides is 2. The topological polar surface area (TPSA) is 78.9 Å². The Morgan fingerprint density at radius 1 is 1.38 bits per heavy atom. The molecule has 1 heterocycles. The Bertz CT molecular complexity index is 396. The maximum atomic E-state index is 12.8. The highest BCUT2D eigenvalue weighted by atomic mass is 19.4. The van der Waals surface area contributed by atoms with Gasteiger partial charge in [0.15, 0.2) is 0 Å². The fourth-order valence-electron chi connectivity index (χ4n) is 1.89. The molecule has 2 N–H and O–H groups in total. The predicted molar refractivity (Wildman–Crippen MR) is 66.8 cm³/mol. The van der Waals surface area contributed by atoms with Gasteiger partial charge in [0.05, 0.1) is 6.10 Å². The first-order valence-corrected chi connectivity index (χ1v) is 6.53. The van der Waals surface area contributed by atoms with Crippen LogP contribution in [0.3, 0.4) is 0 Å². The average Bonchev–Trinajstić information content (AvgIpc) is 2.38. The van der Waals surface area contributed by atoms with Crippen LogP contribution in [0, 0.1) is 0 Å². The van der Waals surface area contributed by atoms with Gasteiger partial charge in [-0.2, -0.15) is 13.2 Å². The minimum atomic E-state index is -5.10. The molecule has 1 aliphatic heterocycles. The monoisotopic (exact) mass is 312 g/mol. The van der Waals surface area contributed by atoms with Crippen molar-refractivity contribution in [2.75, 3.05) is 20.2 Å². The van der Waals surface area contributed by atoms with Crippen molar-refractivity contribution in [1.29, 1.82) is 0 Å². The molecule has 0 bridgehead atoms. The SMILES string of the molecule is CN(CC1CCCCO1)C(=O)NC(C)(C(=O)O)C(F)(F)F. The van der Waals surface area contributed by atoms with E-state index in [0.717, 1.165) is 17.7 Å². The zero-order chi connectivity index (χ0) is 16.3. The van der Waals surface area contributed by atoms with Crippen molar-refractivity contribution in [2.45, 2.75) is 44.0 Å². The number of ether oxygens (including phenoxy) is 1. The van der Waals surface area contributed by atoms with Crippen molar-refractivity contribution in [3.05, 3.63) is 0 Å². The number of hydrogen-bond acceptors (Lipinski definition) is 3. The highest BCUT2D eigenvalue weighted by Crippen LogP contribution is 2.30. The maximum absolute atomic E-state index is 12.8. The molecule has 0 radical (unpaired) electrons. The highest BCUT2D eigenvalue weighted by Gasteiger charge is 2.58. The lowest BCUT2D eigenvalue weighted by Crippen LogP contribution is -2.64. The van der Waals surface area contributed by atoms with Crippen LogP contribution in [0.15, 0.2) is 0 Å². The molecule has 1 aliphatic rings. The second-order valence-electron chi connectivity index (χ2n) is 5.23. The Morgan fingerprint density at radius 2 is 2.00 bits per heavy atom. The quantitative estimate of drug-likeness (QED) is 0.826. The number of carbonyl (C=O) groups is 2. The molecular formula is C12H19F3N2O4. The lowest BCUT2D eigenvalue weighted by atomic mass is 10.0. The van der Waals surface area contributed by atoms with Gasteiger partial charge in [0.2, 0.25) is 5.54 Å². The van der Waals surface area contributed by atoms with Gasteiger partial charge in [-0.25, -0.2) is 9.59 Å². The number of halogens is 3. The molecule has 9 heteroatoms. The van der Waals surface area contributed by atoms with Gasteiger partial charge in [-0.05, 0) is 26.2 Å². The maximum Gasteiger partial charge on any atom is 0.422 e. The third-order valence-electron chi connectivity index (χ3n) is 3.45. The molecule has 21 heavy (non-hydrogen) atoms. The summed E-state index contributed by atoms with van der Waals surface area (Å²) in [5.41, 5.74) is -3.33. The second-order valence-corrected chi connectivity index (χ2v) is 5.23. The summed E-state index contributed by atoms with van der Waals surface area (Å²) in [6.45, 7) is 1.08. The average molecular weight is 312 g/mol. The van der Waals surface area contributed by atoms with Crippen molar-refractivity contribution < 1.29 is 32.6 Å². The van der Waals surface area contributed by atoms with Gasteiger partial charge >= 0.3 is 18.2 Å². The molecule has 1 fully saturated rings. The molecule has 0 spiro atoms. The summed E-state index contributed by atoms with van der Waals surface area (Å²) in [5, 5.41) is 10.3. The molecule has 2 amide bonds. The van der Waals surface area contributed by atoms with Crippen LogP contribution >= 0.6 is 0 Å². The number of urea groups is 1. The summed E-state index contributed by atoms with van der Waals surface area (Å²) < 4.78 is 43.8. The number of carbonyl (C=O) groups excluding carboxylic acids is 1. The van der Waals surface area contributed by atoms with Crippen molar-refractivity contribution >= 4 is 12.0 Å². The van der Waals surface area contributed by atoms with Crippen LogP contribution in [-0.4, -0.2) is 60.0 Å². The zero-order valence-corrected chi connectivity index (χ0v) is 11.9. The molecule has 0 saturated carbocycles. The Kier molecular flexibility index (Phi) is 5.43. The van der Waals surface area contributed by atoms with E-state index in [-0.39, 0.29) is 12.6 Å². The van der Waals surface area contributed by atoms with Crippen molar-refractivity contribution in [2.24, 2.45) is 0 Å². The normalized spacial score (nSPS) is 22.2. The molecule has 1 rings (SSSR count). The van der Waals surface area contributed by atoms with Crippen LogP contribution in [0.4, 0.5) is 18.0 Å². The Hall–Kier alpha value is -1.51. The summed E-state index contributed by atoms with van der Waals surface area (Å²) in [7, 11) is 1.30. The summed E-state index contributed by atoms with van der Waals surface area (Å²) in [6.07, 6.45) is -2.78. The smallest absolute Gasteiger partial charge is 0.422 e. The van der Waals surface area contributed by atoms with E-state index in [4.69, 9.17) is 9.84 Å².